The van der Waals surface area contributed by atoms with E-state index in [-0.39, 0.29) is 11.1 Å². The van der Waals surface area contributed by atoms with Crippen LogP contribution in [0.25, 0.3) is 11.8 Å². The smallest absolute Gasteiger partial charge is 0.223 e. The second-order valence-corrected chi connectivity index (χ2v) is 6.72. The molecular weight excluding hydrogens is 431 g/mol. The Morgan fingerprint density at radius 1 is 1.14 bits per heavy atom. The van der Waals surface area contributed by atoms with Crippen molar-refractivity contribution < 1.29 is 17.6 Å². The molecule has 0 aliphatic rings. The predicted octanol–water partition coefficient (Wildman–Crippen LogP) is 5.94. The van der Waals surface area contributed by atoms with E-state index >= 15 is 0 Å². The number of aromatic nitrogens is 3. The third-order valence-electron chi connectivity index (χ3n) is 4.01. The van der Waals surface area contributed by atoms with Crippen LogP contribution in [0.1, 0.15) is 22.6 Å². The van der Waals surface area contributed by atoms with Crippen LogP contribution in [0.2, 0.25) is 10.0 Å². The van der Waals surface area contributed by atoms with Gasteiger partial charge in [-0.2, -0.15) is 23.5 Å². The van der Waals surface area contributed by atoms with Crippen LogP contribution in [-0.4, -0.2) is 20.9 Å². The van der Waals surface area contributed by atoms with E-state index in [0.717, 1.165) is 18.2 Å². The minimum absolute atomic E-state index is 0.203. The zero-order valence-electron chi connectivity index (χ0n) is 14.3. The van der Waals surface area contributed by atoms with Gasteiger partial charge in [0.25, 0.3) is 0 Å². The van der Waals surface area contributed by atoms with E-state index in [4.69, 9.17) is 23.2 Å². The van der Waals surface area contributed by atoms with Crippen molar-refractivity contribution in [3.63, 3.8) is 0 Å². The number of hydrogen-bond donors (Lipinski definition) is 0. The Balaban J connectivity index is 1.98. The third-order valence-corrected chi connectivity index (χ3v) is 4.56. The van der Waals surface area contributed by atoms with E-state index < -0.39 is 28.0 Å². The van der Waals surface area contributed by atoms with Crippen LogP contribution in [-0.2, 0) is 0 Å². The molecule has 2 aromatic carbocycles. The van der Waals surface area contributed by atoms with Gasteiger partial charge in [0.2, 0.25) is 0 Å². The Morgan fingerprint density at radius 3 is 2.38 bits per heavy atom. The van der Waals surface area contributed by atoms with Crippen LogP contribution in [0.5, 0.6) is 0 Å². The summed E-state index contributed by atoms with van der Waals surface area (Å²) in [5, 5.41) is 12.3. The molecule has 1 heterocycles. The summed E-state index contributed by atoms with van der Waals surface area (Å²) in [4.78, 5) is 3.79. The molecule has 0 N–H and O–H groups in total. The van der Waals surface area contributed by atoms with Crippen molar-refractivity contribution >= 4 is 29.3 Å². The van der Waals surface area contributed by atoms with Gasteiger partial charge in [-0.3, -0.25) is 0 Å². The zero-order valence-corrected chi connectivity index (χ0v) is 15.8. The number of nitriles is 1. The molecule has 148 valence electrons. The number of hydrogen-bond acceptors (Lipinski definition) is 3. The quantitative estimate of drug-likeness (QED) is 0.372. The van der Waals surface area contributed by atoms with Crippen LogP contribution in [0, 0.1) is 17.1 Å². The normalized spacial score (nSPS) is 12.9. The largest absolute Gasteiger partial charge is 0.399 e. The fourth-order valence-electron chi connectivity index (χ4n) is 2.65. The number of rotatable bonds is 4. The molecule has 29 heavy (non-hydrogen) atoms. The number of nitrogens with zero attached hydrogens (tertiary/aromatic N) is 4. The van der Waals surface area contributed by atoms with E-state index in [2.05, 4.69) is 10.1 Å². The summed E-state index contributed by atoms with van der Waals surface area (Å²) in [6, 6.07) is 8.25. The molecule has 0 saturated carbocycles. The third kappa shape index (κ3) is 4.58. The van der Waals surface area contributed by atoms with Gasteiger partial charge in [0.05, 0.1) is 27.2 Å². The second kappa shape index (κ2) is 8.23. The predicted molar refractivity (Wildman–Crippen MR) is 100 cm³/mol. The molecule has 0 aliphatic heterocycles. The monoisotopic (exact) mass is 440 g/mol. The summed E-state index contributed by atoms with van der Waals surface area (Å²) in [6.45, 7) is 0. The van der Waals surface area contributed by atoms with Crippen molar-refractivity contribution in [2.75, 3.05) is 0 Å². The van der Waals surface area contributed by atoms with Gasteiger partial charge in [0.15, 0.2) is 5.82 Å². The molecule has 3 aromatic rings. The lowest BCUT2D eigenvalue weighted by Crippen LogP contribution is -2.19. The first-order chi connectivity index (χ1) is 13.7. The van der Waals surface area contributed by atoms with Crippen molar-refractivity contribution in [3.05, 3.63) is 81.6 Å². The average molecular weight is 441 g/mol. The maximum absolute atomic E-state index is 13.6. The molecule has 0 aliphatic carbocycles. The van der Waals surface area contributed by atoms with Crippen molar-refractivity contribution in [2.24, 2.45) is 0 Å². The van der Waals surface area contributed by atoms with Gasteiger partial charge in [-0.1, -0.05) is 41.4 Å². The molecule has 10 heteroatoms. The number of alkyl halides is 3. The minimum Gasteiger partial charge on any atom is -0.223 e. The lowest BCUT2D eigenvalue weighted by Gasteiger charge is -2.18. The standard InChI is InChI=1S/C19H10Cl2F4N4/c20-15-6-12(7-16(21)18(15)22)14(19(23,24)25)3-1-11-2-4-17(13(5-11)8-26)29-10-27-9-28-29/h1-7,9-10,14H/b3-1+. The fourth-order valence-corrected chi connectivity index (χ4v) is 3.15. The Bertz CT molecular complexity index is 1080. The van der Waals surface area contributed by atoms with E-state index in [0.29, 0.717) is 11.3 Å². The highest BCUT2D eigenvalue weighted by molar-refractivity contribution is 6.35. The van der Waals surface area contributed by atoms with Gasteiger partial charge in [-0.15, -0.1) is 0 Å². The van der Waals surface area contributed by atoms with Gasteiger partial charge in [0, 0.05) is 0 Å². The summed E-state index contributed by atoms with van der Waals surface area (Å²) < 4.78 is 55.6. The summed E-state index contributed by atoms with van der Waals surface area (Å²) in [5.41, 5.74) is 0.699. The molecule has 0 saturated heterocycles. The highest BCUT2D eigenvalue weighted by Gasteiger charge is 2.39. The molecule has 0 spiro atoms. The Labute approximate surface area is 172 Å². The molecule has 1 atom stereocenters. The zero-order chi connectivity index (χ0) is 21.2. The van der Waals surface area contributed by atoms with E-state index in [1.807, 2.05) is 6.07 Å². The van der Waals surface area contributed by atoms with E-state index in [9.17, 15) is 22.8 Å². The first-order valence-corrected chi connectivity index (χ1v) is 8.75. The van der Waals surface area contributed by atoms with Crippen LogP contribution in [0.15, 0.2) is 49.1 Å². The second-order valence-electron chi connectivity index (χ2n) is 5.91. The molecule has 1 aromatic heterocycles. The van der Waals surface area contributed by atoms with Crippen LogP contribution >= 0.6 is 23.2 Å². The van der Waals surface area contributed by atoms with Crippen molar-refractivity contribution in [3.8, 4) is 11.8 Å². The maximum atomic E-state index is 13.6. The van der Waals surface area contributed by atoms with Gasteiger partial charge < -0.3 is 0 Å². The van der Waals surface area contributed by atoms with Crippen molar-refractivity contribution in [1.29, 1.82) is 5.26 Å². The Hall–Kier alpha value is -2.89. The van der Waals surface area contributed by atoms with Gasteiger partial charge >= 0.3 is 6.18 Å². The van der Waals surface area contributed by atoms with Gasteiger partial charge in [0.1, 0.15) is 18.7 Å². The Kier molecular flexibility index (Phi) is 5.91. The highest BCUT2D eigenvalue weighted by Crippen LogP contribution is 2.39. The van der Waals surface area contributed by atoms with Crippen molar-refractivity contribution in [2.45, 2.75) is 12.1 Å². The topological polar surface area (TPSA) is 54.5 Å². The van der Waals surface area contributed by atoms with Crippen LogP contribution in [0.4, 0.5) is 17.6 Å². The first kappa shape index (κ1) is 20.8. The summed E-state index contributed by atoms with van der Waals surface area (Å²) in [6.07, 6.45) is 0.135. The minimum atomic E-state index is -4.67. The van der Waals surface area contributed by atoms with E-state index in [1.54, 1.807) is 6.07 Å². The SMILES string of the molecule is N#Cc1cc(/C=C/C(c2cc(Cl)c(F)c(Cl)c2)C(F)(F)F)ccc1-n1cncn1. The first-order valence-electron chi connectivity index (χ1n) is 7.99. The molecule has 1 unspecified atom stereocenters. The Morgan fingerprint density at radius 2 is 1.83 bits per heavy atom. The van der Waals surface area contributed by atoms with Crippen LogP contribution in [0.3, 0.4) is 0 Å². The maximum Gasteiger partial charge on any atom is 0.399 e. The number of benzene rings is 2. The lowest BCUT2D eigenvalue weighted by atomic mass is 9.96. The lowest BCUT2D eigenvalue weighted by molar-refractivity contribution is -0.139. The number of halogens is 6. The van der Waals surface area contributed by atoms with Gasteiger partial charge in [-0.25, -0.2) is 14.1 Å². The molecule has 0 radical (unpaired) electrons. The molecule has 0 amide bonds. The molecule has 0 bridgehead atoms. The molecule has 4 nitrogen and oxygen atoms in total. The van der Waals surface area contributed by atoms with E-state index in [1.165, 1.54) is 35.5 Å². The summed E-state index contributed by atoms with van der Waals surface area (Å²) in [7, 11) is 0. The summed E-state index contributed by atoms with van der Waals surface area (Å²) >= 11 is 11.3. The average Bonchev–Trinajstić information content (AvgIpc) is 3.19. The van der Waals surface area contributed by atoms with Crippen LogP contribution < -0.4 is 0 Å². The molecule has 0 fully saturated rings. The number of allylic oxidation sites excluding steroid dienone is 1. The fraction of sp³-hybridized carbons (Fsp3) is 0.105. The summed E-state index contributed by atoms with van der Waals surface area (Å²) in [5.74, 6) is -3.05. The van der Waals surface area contributed by atoms with Gasteiger partial charge in [-0.05, 0) is 35.4 Å². The van der Waals surface area contributed by atoms with Crippen molar-refractivity contribution in [1.82, 2.24) is 14.8 Å². The molecule has 3 rings (SSSR count). The molecular formula is C19H10Cl2F4N4. The highest BCUT2D eigenvalue weighted by atomic mass is 35.5.